The van der Waals surface area contributed by atoms with Crippen molar-refractivity contribution in [1.29, 1.82) is 5.41 Å². The third kappa shape index (κ3) is 4.04. The minimum Gasteiger partial charge on any atom is -0.493 e. The SMILES string of the molecule is CCCOc1c(/C(C=N)=C/NC2CNC2)ccc2c1CC[C@H](C)N2C(=O)C1CC1. The maximum absolute atomic E-state index is 13.0. The molecule has 1 aromatic rings. The topological polar surface area (TPSA) is 77.5 Å². The number of nitrogens with one attached hydrogen (secondary N) is 3. The van der Waals surface area contributed by atoms with Crippen LogP contribution in [0, 0.1) is 11.3 Å². The molecule has 6 heteroatoms. The van der Waals surface area contributed by atoms with Crippen molar-refractivity contribution in [3.63, 3.8) is 0 Å². The number of hydrogen-bond acceptors (Lipinski definition) is 5. The van der Waals surface area contributed by atoms with Crippen LogP contribution in [0.2, 0.25) is 0 Å². The Morgan fingerprint density at radius 3 is 2.76 bits per heavy atom. The monoisotopic (exact) mass is 396 g/mol. The van der Waals surface area contributed by atoms with Crippen molar-refractivity contribution < 1.29 is 9.53 Å². The van der Waals surface area contributed by atoms with Crippen LogP contribution < -0.4 is 20.3 Å². The third-order valence-electron chi connectivity index (χ3n) is 6.09. The molecule has 0 radical (unpaired) electrons. The molecule has 0 spiro atoms. The highest BCUT2D eigenvalue weighted by atomic mass is 16.5. The second kappa shape index (κ2) is 8.57. The van der Waals surface area contributed by atoms with Gasteiger partial charge in [-0.25, -0.2) is 0 Å². The van der Waals surface area contributed by atoms with Gasteiger partial charge in [0.25, 0.3) is 0 Å². The number of rotatable bonds is 8. The standard InChI is InChI=1S/C23H32N4O2/c1-3-10-29-22-19(17(11-24)12-26-18-13-25-14-18)8-9-21-20(22)7-4-15(2)27(21)23(28)16-5-6-16/h8-9,11-12,15-16,18,24-26H,3-7,10,13-14H2,1-2H3/b17-12+,24-11?/t15-/m0/s1. The van der Waals surface area contributed by atoms with Gasteiger partial charge in [0.1, 0.15) is 5.75 Å². The molecule has 0 bridgehead atoms. The number of carbonyl (C=O) groups excluding carboxylic acids is 1. The van der Waals surface area contributed by atoms with Gasteiger partial charge in [0.2, 0.25) is 5.91 Å². The van der Waals surface area contributed by atoms with Crippen LogP contribution in [0.3, 0.4) is 0 Å². The molecule has 0 unspecified atom stereocenters. The fraction of sp³-hybridized carbons (Fsp3) is 0.565. The highest BCUT2D eigenvalue weighted by molar-refractivity contribution is 6.10. The minimum atomic E-state index is 0.195. The quantitative estimate of drug-likeness (QED) is 0.590. The summed E-state index contributed by atoms with van der Waals surface area (Å²) in [5.74, 6) is 1.29. The molecule has 29 heavy (non-hydrogen) atoms. The number of fused-ring (bicyclic) bond motifs is 1. The third-order valence-corrected chi connectivity index (χ3v) is 6.09. The first-order valence-electron chi connectivity index (χ1n) is 10.9. The predicted molar refractivity (Wildman–Crippen MR) is 117 cm³/mol. The van der Waals surface area contributed by atoms with Gasteiger partial charge in [-0.1, -0.05) is 6.92 Å². The fourth-order valence-electron chi connectivity index (χ4n) is 4.08. The summed E-state index contributed by atoms with van der Waals surface area (Å²) >= 11 is 0. The Morgan fingerprint density at radius 1 is 1.34 bits per heavy atom. The summed E-state index contributed by atoms with van der Waals surface area (Å²) in [6, 6.07) is 4.70. The molecule has 1 atom stereocenters. The maximum atomic E-state index is 13.0. The van der Waals surface area contributed by atoms with Crippen LogP contribution in [-0.2, 0) is 11.2 Å². The molecule has 1 saturated carbocycles. The van der Waals surface area contributed by atoms with E-state index in [4.69, 9.17) is 10.1 Å². The molecule has 0 aromatic heterocycles. The number of anilines is 1. The summed E-state index contributed by atoms with van der Waals surface area (Å²) in [6.07, 6.45) is 8.08. The summed E-state index contributed by atoms with van der Waals surface area (Å²) in [6.45, 7) is 6.76. The Bertz CT molecular complexity index is 811. The van der Waals surface area contributed by atoms with Crippen LogP contribution in [0.1, 0.15) is 50.7 Å². The van der Waals surface area contributed by atoms with Crippen molar-refractivity contribution >= 4 is 23.4 Å². The molecule has 1 aromatic carbocycles. The smallest absolute Gasteiger partial charge is 0.230 e. The molecule has 3 aliphatic rings. The van der Waals surface area contributed by atoms with Crippen LogP contribution >= 0.6 is 0 Å². The van der Waals surface area contributed by atoms with Gasteiger partial charge in [-0.05, 0) is 51.2 Å². The Labute approximate surface area is 173 Å². The molecular weight excluding hydrogens is 364 g/mol. The lowest BCUT2D eigenvalue weighted by atomic mass is 9.91. The molecule has 4 rings (SSSR count). The first-order valence-corrected chi connectivity index (χ1v) is 10.9. The molecular formula is C23H32N4O2. The van der Waals surface area contributed by atoms with E-state index >= 15 is 0 Å². The first-order chi connectivity index (χ1) is 14.1. The van der Waals surface area contributed by atoms with Gasteiger partial charge >= 0.3 is 0 Å². The molecule has 2 fully saturated rings. The molecule has 1 amide bonds. The number of benzene rings is 1. The van der Waals surface area contributed by atoms with E-state index in [2.05, 4.69) is 30.5 Å². The molecule has 2 heterocycles. The summed E-state index contributed by atoms with van der Waals surface area (Å²) in [5.41, 5.74) is 3.85. The molecule has 2 aliphatic heterocycles. The fourth-order valence-corrected chi connectivity index (χ4v) is 4.08. The zero-order valence-corrected chi connectivity index (χ0v) is 17.5. The van der Waals surface area contributed by atoms with Gasteiger partial charge < -0.3 is 25.7 Å². The number of ether oxygens (including phenoxy) is 1. The van der Waals surface area contributed by atoms with Gasteiger partial charge in [0.05, 0.1) is 18.3 Å². The van der Waals surface area contributed by atoms with E-state index in [0.717, 1.165) is 73.3 Å². The normalized spacial score (nSPS) is 21.9. The zero-order valence-electron chi connectivity index (χ0n) is 17.5. The predicted octanol–water partition coefficient (Wildman–Crippen LogP) is 3.10. The van der Waals surface area contributed by atoms with Gasteiger partial charge in [-0.2, -0.15) is 0 Å². The number of amides is 1. The first kappa shape index (κ1) is 20.0. The molecule has 3 N–H and O–H groups in total. The molecule has 1 aliphatic carbocycles. The number of carbonyl (C=O) groups is 1. The van der Waals surface area contributed by atoms with Gasteiger partial charge in [0, 0.05) is 54.2 Å². The number of nitrogens with zero attached hydrogens (tertiary/aromatic N) is 1. The Kier molecular flexibility index (Phi) is 5.90. The van der Waals surface area contributed by atoms with E-state index in [1.165, 1.54) is 6.21 Å². The van der Waals surface area contributed by atoms with Crippen molar-refractivity contribution in [2.24, 2.45) is 5.92 Å². The Morgan fingerprint density at radius 2 is 2.14 bits per heavy atom. The zero-order chi connectivity index (χ0) is 20.4. The van der Waals surface area contributed by atoms with Gasteiger partial charge in [0.15, 0.2) is 0 Å². The number of hydrogen-bond donors (Lipinski definition) is 3. The van der Waals surface area contributed by atoms with Crippen LogP contribution in [-0.4, -0.2) is 43.9 Å². The van der Waals surface area contributed by atoms with Crippen molar-refractivity contribution in [2.45, 2.75) is 58.0 Å². The van der Waals surface area contributed by atoms with Crippen molar-refractivity contribution in [3.8, 4) is 5.75 Å². The van der Waals surface area contributed by atoms with E-state index in [-0.39, 0.29) is 17.9 Å². The lowest BCUT2D eigenvalue weighted by molar-refractivity contribution is -0.120. The highest BCUT2D eigenvalue weighted by Gasteiger charge is 2.39. The van der Waals surface area contributed by atoms with Crippen molar-refractivity contribution in [2.75, 3.05) is 24.6 Å². The molecule has 1 saturated heterocycles. The Hall–Kier alpha value is -2.34. The van der Waals surface area contributed by atoms with Crippen LogP contribution in [0.5, 0.6) is 5.75 Å². The van der Waals surface area contributed by atoms with E-state index in [1.54, 1.807) is 0 Å². The maximum Gasteiger partial charge on any atom is 0.230 e. The van der Waals surface area contributed by atoms with Crippen LogP contribution in [0.15, 0.2) is 18.3 Å². The van der Waals surface area contributed by atoms with E-state index < -0.39 is 0 Å². The van der Waals surface area contributed by atoms with Gasteiger partial charge in [-0.15, -0.1) is 0 Å². The number of allylic oxidation sites excluding steroid dienone is 1. The van der Waals surface area contributed by atoms with E-state index in [9.17, 15) is 4.79 Å². The lowest BCUT2D eigenvalue weighted by Crippen LogP contribution is -2.53. The Balaban J connectivity index is 1.72. The highest BCUT2D eigenvalue weighted by Crippen LogP contribution is 2.43. The van der Waals surface area contributed by atoms with Crippen molar-refractivity contribution in [1.82, 2.24) is 10.6 Å². The summed E-state index contributed by atoms with van der Waals surface area (Å²) < 4.78 is 6.23. The molecule has 6 nitrogen and oxygen atoms in total. The van der Waals surface area contributed by atoms with Crippen LogP contribution in [0.25, 0.3) is 5.57 Å². The average molecular weight is 397 g/mol. The molecule has 156 valence electrons. The van der Waals surface area contributed by atoms with E-state index in [1.807, 2.05) is 17.2 Å². The minimum absolute atomic E-state index is 0.195. The second-order valence-electron chi connectivity index (χ2n) is 8.42. The summed E-state index contributed by atoms with van der Waals surface area (Å²) in [4.78, 5) is 15.0. The lowest BCUT2D eigenvalue weighted by Gasteiger charge is -2.37. The van der Waals surface area contributed by atoms with E-state index in [0.29, 0.717) is 12.6 Å². The summed E-state index contributed by atoms with van der Waals surface area (Å²) in [5, 5.41) is 14.6. The average Bonchev–Trinajstić information content (AvgIpc) is 3.53. The largest absolute Gasteiger partial charge is 0.493 e. The second-order valence-corrected chi connectivity index (χ2v) is 8.42. The van der Waals surface area contributed by atoms with Crippen molar-refractivity contribution in [3.05, 3.63) is 29.5 Å². The van der Waals surface area contributed by atoms with Gasteiger partial charge in [-0.3, -0.25) is 4.79 Å². The van der Waals surface area contributed by atoms with Crippen LogP contribution in [0.4, 0.5) is 5.69 Å². The summed E-state index contributed by atoms with van der Waals surface area (Å²) in [7, 11) is 0.